The Morgan fingerprint density at radius 3 is 2.64 bits per heavy atom. The van der Waals surface area contributed by atoms with Crippen LogP contribution in [0.15, 0.2) is 18.2 Å². The van der Waals surface area contributed by atoms with Gasteiger partial charge in [-0.3, -0.25) is 4.79 Å². The fourth-order valence-corrected chi connectivity index (χ4v) is 3.37. The van der Waals surface area contributed by atoms with Crippen LogP contribution in [0.5, 0.6) is 0 Å². The quantitative estimate of drug-likeness (QED) is 0.919. The first-order chi connectivity index (χ1) is 10.7. The Labute approximate surface area is 136 Å². The largest absolute Gasteiger partial charge is 0.370 e. The number of carbonyl (C=O) groups is 1. The van der Waals surface area contributed by atoms with Gasteiger partial charge in [-0.1, -0.05) is 24.4 Å². The average Bonchev–Trinajstić information content (AvgIpc) is 2.91. The van der Waals surface area contributed by atoms with Gasteiger partial charge in [0.2, 0.25) is 0 Å². The lowest BCUT2D eigenvalue weighted by Gasteiger charge is -2.26. The summed E-state index contributed by atoms with van der Waals surface area (Å²) in [6.07, 6.45) is 6.38. The third-order valence-corrected chi connectivity index (χ3v) is 4.62. The minimum absolute atomic E-state index is 0.0594. The molecule has 22 heavy (non-hydrogen) atoms. The first-order valence-corrected chi connectivity index (χ1v) is 8.59. The Morgan fingerprint density at radius 1 is 1.18 bits per heavy atom. The second kappa shape index (κ2) is 7.34. The number of hydrogen-bond acceptors (Lipinski definition) is 3. The molecule has 1 N–H and O–H groups in total. The highest BCUT2D eigenvalue weighted by molar-refractivity contribution is 6.31. The molecule has 1 atom stereocenters. The van der Waals surface area contributed by atoms with Gasteiger partial charge >= 0.3 is 0 Å². The molecule has 0 bridgehead atoms. The van der Waals surface area contributed by atoms with Crippen molar-refractivity contribution >= 4 is 28.9 Å². The van der Waals surface area contributed by atoms with Crippen LogP contribution >= 0.6 is 11.6 Å². The average molecular weight is 323 g/mol. The van der Waals surface area contributed by atoms with Crippen molar-refractivity contribution in [2.75, 3.05) is 29.9 Å². The molecule has 4 nitrogen and oxygen atoms in total. The van der Waals surface area contributed by atoms with Crippen molar-refractivity contribution in [3.63, 3.8) is 0 Å². The summed E-state index contributed by atoms with van der Waals surface area (Å²) in [6, 6.07) is 5.75. The number of nitrogens with one attached hydrogen (secondary N) is 1. The normalized spacial score (nSPS) is 22.4. The van der Waals surface area contributed by atoms with Crippen LogP contribution in [0.3, 0.4) is 0 Å². The van der Waals surface area contributed by atoms with E-state index in [1.807, 2.05) is 18.2 Å². The number of hydrogen-bond donors (Lipinski definition) is 1. The van der Waals surface area contributed by atoms with Crippen LogP contribution in [0.25, 0.3) is 0 Å². The van der Waals surface area contributed by atoms with E-state index in [4.69, 9.17) is 16.3 Å². The van der Waals surface area contributed by atoms with Crippen molar-refractivity contribution < 1.29 is 9.53 Å². The number of ether oxygens (including phenoxy) is 1. The van der Waals surface area contributed by atoms with Gasteiger partial charge in [-0.2, -0.15) is 0 Å². The van der Waals surface area contributed by atoms with Crippen LogP contribution in [-0.4, -0.2) is 31.7 Å². The second-order valence-corrected chi connectivity index (χ2v) is 6.49. The Kier molecular flexibility index (Phi) is 5.21. The number of amides is 1. The molecule has 0 saturated carbocycles. The van der Waals surface area contributed by atoms with Gasteiger partial charge in [-0.15, -0.1) is 0 Å². The summed E-state index contributed by atoms with van der Waals surface area (Å²) in [4.78, 5) is 14.7. The maximum absolute atomic E-state index is 12.3. The van der Waals surface area contributed by atoms with Crippen molar-refractivity contribution in [1.29, 1.82) is 0 Å². The van der Waals surface area contributed by atoms with Crippen LogP contribution in [0, 0.1) is 0 Å². The summed E-state index contributed by atoms with van der Waals surface area (Å²) < 4.78 is 5.46. The Bertz CT molecular complexity index is 521. The van der Waals surface area contributed by atoms with Crippen LogP contribution < -0.4 is 10.2 Å². The SMILES string of the molecule is O=C(Nc1cc(Cl)ccc1N1CCCCCC1)[C@@H]1CCCO1. The molecule has 0 unspecified atom stereocenters. The molecule has 3 rings (SSSR count). The molecular weight excluding hydrogens is 300 g/mol. The summed E-state index contributed by atoms with van der Waals surface area (Å²) >= 11 is 6.13. The lowest BCUT2D eigenvalue weighted by atomic mass is 10.2. The molecule has 0 aliphatic carbocycles. The maximum atomic E-state index is 12.3. The van der Waals surface area contributed by atoms with E-state index in [0.717, 1.165) is 37.3 Å². The molecule has 2 heterocycles. The van der Waals surface area contributed by atoms with Crippen LogP contribution in [0.2, 0.25) is 5.02 Å². The van der Waals surface area contributed by atoms with Crippen LogP contribution in [-0.2, 0) is 9.53 Å². The third kappa shape index (κ3) is 3.73. The first kappa shape index (κ1) is 15.6. The number of halogens is 1. The van der Waals surface area contributed by atoms with Crippen LogP contribution in [0.4, 0.5) is 11.4 Å². The predicted molar refractivity (Wildman–Crippen MR) is 89.7 cm³/mol. The van der Waals surface area contributed by atoms with Gasteiger partial charge in [0.05, 0.1) is 11.4 Å². The summed E-state index contributed by atoms with van der Waals surface area (Å²) in [6.45, 7) is 2.74. The molecular formula is C17H23ClN2O2. The fourth-order valence-electron chi connectivity index (χ4n) is 3.19. The fraction of sp³-hybridized carbons (Fsp3) is 0.588. The van der Waals surface area contributed by atoms with Gasteiger partial charge in [0.1, 0.15) is 6.10 Å². The zero-order chi connectivity index (χ0) is 15.4. The van der Waals surface area contributed by atoms with E-state index in [1.54, 1.807) is 0 Å². The van der Waals surface area contributed by atoms with Crippen molar-refractivity contribution in [2.45, 2.75) is 44.6 Å². The molecule has 1 amide bonds. The van der Waals surface area contributed by atoms with Gasteiger partial charge < -0.3 is 15.0 Å². The van der Waals surface area contributed by atoms with Gasteiger partial charge in [0, 0.05) is 24.7 Å². The lowest BCUT2D eigenvalue weighted by Crippen LogP contribution is -2.29. The number of carbonyl (C=O) groups excluding carboxylic acids is 1. The monoisotopic (exact) mass is 322 g/mol. The molecule has 2 aliphatic heterocycles. The highest BCUT2D eigenvalue weighted by Crippen LogP contribution is 2.31. The maximum Gasteiger partial charge on any atom is 0.253 e. The minimum Gasteiger partial charge on any atom is -0.370 e. The molecule has 120 valence electrons. The molecule has 2 fully saturated rings. The Hall–Kier alpha value is -1.26. The molecule has 1 aromatic carbocycles. The molecule has 2 aliphatic rings. The molecule has 0 spiro atoms. The number of nitrogens with zero attached hydrogens (tertiary/aromatic N) is 1. The number of anilines is 2. The zero-order valence-corrected chi connectivity index (χ0v) is 13.6. The van der Waals surface area contributed by atoms with Gasteiger partial charge in [0.15, 0.2) is 0 Å². The van der Waals surface area contributed by atoms with Gasteiger partial charge in [-0.05, 0) is 43.9 Å². The minimum atomic E-state index is -0.323. The van der Waals surface area contributed by atoms with Crippen molar-refractivity contribution in [3.8, 4) is 0 Å². The number of benzene rings is 1. The number of rotatable bonds is 3. The highest BCUT2D eigenvalue weighted by atomic mass is 35.5. The molecule has 2 saturated heterocycles. The van der Waals surface area contributed by atoms with E-state index in [2.05, 4.69) is 10.2 Å². The van der Waals surface area contributed by atoms with E-state index in [9.17, 15) is 4.79 Å². The topological polar surface area (TPSA) is 41.6 Å². The first-order valence-electron chi connectivity index (χ1n) is 8.21. The van der Waals surface area contributed by atoms with Crippen molar-refractivity contribution in [3.05, 3.63) is 23.2 Å². The Balaban J connectivity index is 1.78. The van der Waals surface area contributed by atoms with E-state index < -0.39 is 0 Å². The lowest BCUT2D eigenvalue weighted by molar-refractivity contribution is -0.124. The van der Waals surface area contributed by atoms with Gasteiger partial charge in [0.25, 0.3) is 5.91 Å². The Morgan fingerprint density at radius 2 is 1.95 bits per heavy atom. The van der Waals surface area contributed by atoms with E-state index in [-0.39, 0.29) is 12.0 Å². The van der Waals surface area contributed by atoms with Crippen LogP contribution in [0.1, 0.15) is 38.5 Å². The van der Waals surface area contributed by atoms with E-state index >= 15 is 0 Å². The summed E-state index contributed by atoms with van der Waals surface area (Å²) in [5.74, 6) is -0.0594. The molecule has 0 aromatic heterocycles. The predicted octanol–water partition coefficient (Wildman–Crippen LogP) is 3.84. The summed E-state index contributed by atoms with van der Waals surface area (Å²) in [5, 5.41) is 3.66. The highest BCUT2D eigenvalue weighted by Gasteiger charge is 2.25. The van der Waals surface area contributed by atoms with Crippen molar-refractivity contribution in [1.82, 2.24) is 0 Å². The van der Waals surface area contributed by atoms with E-state index in [0.29, 0.717) is 11.6 Å². The van der Waals surface area contributed by atoms with Gasteiger partial charge in [-0.25, -0.2) is 0 Å². The zero-order valence-electron chi connectivity index (χ0n) is 12.8. The molecule has 1 aromatic rings. The standard InChI is InChI=1S/C17H23ClN2O2/c18-13-7-8-15(20-9-3-1-2-4-10-20)14(12-13)19-17(21)16-6-5-11-22-16/h7-8,12,16H,1-6,9-11H2,(H,19,21)/t16-/m0/s1. The van der Waals surface area contributed by atoms with E-state index in [1.165, 1.54) is 25.7 Å². The van der Waals surface area contributed by atoms with Crippen molar-refractivity contribution in [2.24, 2.45) is 0 Å². The summed E-state index contributed by atoms with van der Waals surface area (Å²) in [5.41, 5.74) is 1.87. The molecule has 0 radical (unpaired) electrons. The smallest absolute Gasteiger partial charge is 0.253 e. The third-order valence-electron chi connectivity index (χ3n) is 4.39. The summed E-state index contributed by atoms with van der Waals surface area (Å²) in [7, 11) is 0. The molecule has 5 heteroatoms. The second-order valence-electron chi connectivity index (χ2n) is 6.05.